The molecular formula is C29H34ClN9O2. The van der Waals surface area contributed by atoms with Crippen molar-refractivity contribution in [3.05, 3.63) is 82.5 Å². The van der Waals surface area contributed by atoms with E-state index in [1.54, 1.807) is 6.20 Å². The number of piperidine rings is 1. The summed E-state index contributed by atoms with van der Waals surface area (Å²) in [6.45, 7) is 4.16. The number of hydrogen-bond acceptors (Lipinski definition) is 9. The SMILES string of the molecule is N/N=C(\NN)c1ccc2c(c1)nc(CN1CCC(Oc3ccnc(Cc4ccc(Cl)cc4)n3)CC1)n2C[C@@H]1CCO1. The molecule has 6 rings (SSSR count). The van der Waals surface area contributed by atoms with Gasteiger partial charge in [-0.3, -0.25) is 4.90 Å². The zero-order valence-electron chi connectivity index (χ0n) is 22.7. The van der Waals surface area contributed by atoms with Gasteiger partial charge in [-0.1, -0.05) is 23.7 Å². The number of amidine groups is 1. The number of hydrazone groups is 1. The number of fused-ring (bicyclic) bond motifs is 1. The molecule has 0 radical (unpaired) electrons. The number of hydrazine groups is 1. The van der Waals surface area contributed by atoms with E-state index >= 15 is 0 Å². The summed E-state index contributed by atoms with van der Waals surface area (Å²) in [5.74, 6) is 13.8. The zero-order chi connectivity index (χ0) is 28.2. The summed E-state index contributed by atoms with van der Waals surface area (Å²) in [6, 6.07) is 15.5. The summed E-state index contributed by atoms with van der Waals surface area (Å²) in [6.07, 6.45) is 5.59. The van der Waals surface area contributed by atoms with Crippen molar-refractivity contribution in [2.75, 3.05) is 19.7 Å². The van der Waals surface area contributed by atoms with Crippen LogP contribution in [-0.2, 0) is 24.2 Å². The van der Waals surface area contributed by atoms with E-state index in [0.717, 1.165) is 85.9 Å². The number of hydrogen-bond donors (Lipinski definition) is 3. The number of nitrogens with one attached hydrogen (secondary N) is 1. The maximum absolute atomic E-state index is 6.28. The van der Waals surface area contributed by atoms with E-state index in [9.17, 15) is 0 Å². The van der Waals surface area contributed by atoms with Crippen LogP contribution in [-0.4, -0.2) is 62.2 Å². The third-order valence-corrected chi connectivity index (χ3v) is 7.94. The lowest BCUT2D eigenvalue weighted by molar-refractivity contribution is -0.0592. The molecule has 41 heavy (non-hydrogen) atoms. The van der Waals surface area contributed by atoms with Gasteiger partial charge in [0, 0.05) is 49.0 Å². The van der Waals surface area contributed by atoms with Crippen LogP contribution in [0.3, 0.4) is 0 Å². The molecule has 0 bridgehead atoms. The minimum atomic E-state index is 0.104. The van der Waals surface area contributed by atoms with Crippen molar-refractivity contribution >= 4 is 28.5 Å². The number of rotatable bonds is 9. The van der Waals surface area contributed by atoms with Crippen molar-refractivity contribution in [3.63, 3.8) is 0 Å². The highest BCUT2D eigenvalue weighted by Gasteiger charge is 2.26. The van der Waals surface area contributed by atoms with E-state index in [1.807, 2.05) is 48.5 Å². The Balaban J connectivity index is 1.10. The second-order valence-corrected chi connectivity index (χ2v) is 10.9. The number of halogens is 1. The first-order chi connectivity index (χ1) is 20.1. The van der Waals surface area contributed by atoms with Gasteiger partial charge in [0.25, 0.3) is 0 Å². The maximum atomic E-state index is 6.28. The molecule has 0 spiro atoms. The smallest absolute Gasteiger partial charge is 0.216 e. The Kier molecular flexibility index (Phi) is 8.28. The molecule has 2 saturated heterocycles. The number of imidazole rings is 1. The predicted octanol–water partition coefficient (Wildman–Crippen LogP) is 2.99. The standard InChI is InChI=1S/C29H34ClN9O2/c30-21-4-1-19(2-5-21)15-26-33-11-7-28(35-26)41-22-8-12-38(13-9-22)18-27-34-24-16-20(29(36-31)37-32)3-6-25(24)39(27)17-23-10-14-40-23/h1-7,11,16,22-23H,8-10,12-15,17-18,31-32H2,(H,36,37)/t23-/m0/s1. The average molecular weight is 576 g/mol. The molecule has 4 heterocycles. The molecule has 214 valence electrons. The third kappa shape index (κ3) is 6.43. The monoisotopic (exact) mass is 575 g/mol. The molecule has 0 aliphatic carbocycles. The van der Waals surface area contributed by atoms with Crippen LogP contribution in [0.25, 0.3) is 11.0 Å². The van der Waals surface area contributed by atoms with Crippen LogP contribution in [0.1, 0.15) is 42.0 Å². The molecule has 2 aromatic carbocycles. The number of likely N-dealkylation sites (tertiary alicyclic amines) is 1. The van der Waals surface area contributed by atoms with Gasteiger partial charge in [0.05, 0.1) is 30.2 Å². The molecule has 2 aromatic heterocycles. The molecule has 11 nitrogen and oxygen atoms in total. The molecular weight excluding hydrogens is 542 g/mol. The van der Waals surface area contributed by atoms with Crippen LogP contribution >= 0.6 is 11.6 Å². The van der Waals surface area contributed by atoms with Gasteiger partial charge in [-0.15, -0.1) is 0 Å². The summed E-state index contributed by atoms with van der Waals surface area (Å²) in [5.41, 5.74) is 6.38. The maximum Gasteiger partial charge on any atom is 0.216 e. The first-order valence-corrected chi connectivity index (χ1v) is 14.3. The Morgan fingerprint density at radius 3 is 2.61 bits per heavy atom. The molecule has 2 aliphatic rings. The number of benzene rings is 2. The van der Waals surface area contributed by atoms with Gasteiger partial charge >= 0.3 is 0 Å². The van der Waals surface area contributed by atoms with E-state index in [-0.39, 0.29) is 12.2 Å². The highest BCUT2D eigenvalue weighted by molar-refractivity contribution is 6.30. The van der Waals surface area contributed by atoms with E-state index in [1.165, 1.54) is 0 Å². The van der Waals surface area contributed by atoms with E-state index < -0.39 is 0 Å². The summed E-state index contributed by atoms with van der Waals surface area (Å²) < 4.78 is 14.3. The minimum Gasteiger partial charge on any atom is -0.474 e. The summed E-state index contributed by atoms with van der Waals surface area (Å²) in [5, 5.41) is 4.45. The highest BCUT2D eigenvalue weighted by atomic mass is 35.5. The first-order valence-electron chi connectivity index (χ1n) is 13.9. The molecule has 0 unspecified atom stereocenters. The lowest BCUT2D eigenvalue weighted by atomic mass is 10.1. The quantitative estimate of drug-likeness (QED) is 0.119. The van der Waals surface area contributed by atoms with Crippen LogP contribution in [0, 0.1) is 0 Å². The summed E-state index contributed by atoms with van der Waals surface area (Å²) >= 11 is 6.01. The Bertz CT molecular complexity index is 1510. The van der Waals surface area contributed by atoms with Crippen LogP contribution in [0.2, 0.25) is 5.02 Å². The predicted molar refractivity (Wildman–Crippen MR) is 157 cm³/mol. The zero-order valence-corrected chi connectivity index (χ0v) is 23.5. The van der Waals surface area contributed by atoms with Crippen LogP contribution < -0.4 is 21.8 Å². The largest absolute Gasteiger partial charge is 0.474 e. The second-order valence-electron chi connectivity index (χ2n) is 10.5. The normalized spacial score (nSPS) is 18.4. The lowest BCUT2D eigenvalue weighted by Crippen LogP contribution is -2.39. The van der Waals surface area contributed by atoms with Crippen molar-refractivity contribution < 1.29 is 9.47 Å². The van der Waals surface area contributed by atoms with Crippen molar-refractivity contribution in [3.8, 4) is 5.88 Å². The second kappa shape index (κ2) is 12.4. The van der Waals surface area contributed by atoms with Gasteiger partial charge in [-0.2, -0.15) is 10.1 Å². The molecule has 0 amide bonds. The summed E-state index contributed by atoms with van der Waals surface area (Å²) in [7, 11) is 0. The van der Waals surface area contributed by atoms with Crippen LogP contribution in [0.4, 0.5) is 0 Å². The summed E-state index contributed by atoms with van der Waals surface area (Å²) in [4.78, 5) is 16.5. The van der Waals surface area contributed by atoms with Gasteiger partial charge in [0.1, 0.15) is 17.8 Å². The Morgan fingerprint density at radius 2 is 1.90 bits per heavy atom. The number of nitrogens with two attached hydrogens (primary N) is 2. The van der Waals surface area contributed by atoms with Crippen molar-refractivity contribution in [1.82, 2.24) is 29.8 Å². The topological polar surface area (TPSA) is 142 Å². The number of nitrogens with zero attached hydrogens (tertiary/aromatic N) is 6. The highest BCUT2D eigenvalue weighted by Crippen LogP contribution is 2.25. The average Bonchev–Trinajstić information content (AvgIpc) is 3.30. The van der Waals surface area contributed by atoms with E-state index in [4.69, 9.17) is 37.7 Å². The van der Waals surface area contributed by atoms with E-state index in [2.05, 4.69) is 30.0 Å². The lowest BCUT2D eigenvalue weighted by Gasteiger charge is -2.32. The number of ether oxygens (including phenoxy) is 2. The molecule has 4 aromatic rings. The van der Waals surface area contributed by atoms with E-state index in [0.29, 0.717) is 23.2 Å². The van der Waals surface area contributed by atoms with Gasteiger partial charge in [-0.05, 0) is 55.2 Å². The third-order valence-electron chi connectivity index (χ3n) is 7.69. The Hall–Kier alpha value is -3.77. The fourth-order valence-electron chi connectivity index (χ4n) is 5.35. The fourth-order valence-corrected chi connectivity index (χ4v) is 5.48. The van der Waals surface area contributed by atoms with Gasteiger partial charge < -0.3 is 25.3 Å². The molecule has 0 saturated carbocycles. The minimum absolute atomic E-state index is 0.104. The molecule has 5 N–H and O–H groups in total. The fraction of sp³-hybridized carbons (Fsp3) is 0.379. The number of aromatic nitrogens is 4. The Labute approximate surface area is 243 Å². The van der Waals surface area contributed by atoms with Gasteiger partial charge in [-0.25, -0.2) is 15.8 Å². The molecule has 1 atom stereocenters. The molecule has 2 aliphatic heterocycles. The van der Waals surface area contributed by atoms with Crippen molar-refractivity contribution in [2.24, 2.45) is 16.8 Å². The van der Waals surface area contributed by atoms with Crippen molar-refractivity contribution in [2.45, 2.75) is 51.0 Å². The van der Waals surface area contributed by atoms with Crippen LogP contribution in [0.5, 0.6) is 5.88 Å². The van der Waals surface area contributed by atoms with Crippen molar-refractivity contribution in [1.29, 1.82) is 0 Å². The van der Waals surface area contributed by atoms with Gasteiger partial charge in [0.15, 0.2) is 5.84 Å². The van der Waals surface area contributed by atoms with Crippen LogP contribution in [0.15, 0.2) is 59.8 Å². The van der Waals surface area contributed by atoms with Gasteiger partial charge in [0.2, 0.25) is 5.88 Å². The first kappa shape index (κ1) is 27.4. The molecule has 12 heteroatoms. The molecule has 2 fully saturated rings. The Morgan fingerprint density at radius 1 is 1.10 bits per heavy atom.